The monoisotopic (exact) mass is 388 g/mol. The number of H-pyrrole nitrogens is 1. The first-order valence-electron chi connectivity index (χ1n) is 9.39. The van der Waals surface area contributed by atoms with Gasteiger partial charge in [-0.1, -0.05) is 12.1 Å². The molecule has 0 spiro atoms. The second-order valence-electron chi connectivity index (χ2n) is 7.38. The number of benzene rings is 1. The third-order valence-electron chi connectivity index (χ3n) is 4.82. The predicted molar refractivity (Wildman–Crippen MR) is 107 cm³/mol. The molecule has 8 nitrogen and oxygen atoms in total. The lowest BCUT2D eigenvalue weighted by Crippen LogP contribution is -2.46. The van der Waals surface area contributed by atoms with E-state index in [-0.39, 0.29) is 24.0 Å². The Balaban J connectivity index is 0.000000878. The van der Waals surface area contributed by atoms with Gasteiger partial charge in [0.15, 0.2) is 0 Å². The van der Waals surface area contributed by atoms with Gasteiger partial charge < -0.3 is 15.0 Å². The number of nitrogens with zero attached hydrogens (tertiary/aromatic N) is 3. The maximum Gasteiger partial charge on any atom is 0.290 e. The van der Waals surface area contributed by atoms with Gasteiger partial charge in [0.1, 0.15) is 5.82 Å². The summed E-state index contributed by atoms with van der Waals surface area (Å²) in [4.78, 5) is 44.1. The maximum atomic E-state index is 12.2. The number of piperidine rings is 1. The van der Waals surface area contributed by atoms with E-state index in [1.165, 1.54) is 0 Å². The number of aromatic amines is 1. The van der Waals surface area contributed by atoms with Crippen molar-refractivity contribution in [2.24, 2.45) is 5.92 Å². The Labute approximate surface area is 164 Å². The highest BCUT2D eigenvalue weighted by molar-refractivity contribution is 5.77. The third kappa shape index (κ3) is 5.63. The molecule has 3 rings (SSSR count). The molecule has 0 bridgehead atoms. The fourth-order valence-corrected chi connectivity index (χ4v) is 3.56. The number of hydrogen-bond acceptors (Lipinski definition) is 5. The molecule has 1 aromatic carbocycles. The van der Waals surface area contributed by atoms with Crippen LogP contribution in [0.4, 0.5) is 0 Å². The van der Waals surface area contributed by atoms with Crippen molar-refractivity contribution in [3.05, 3.63) is 40.4 Å². The number of likely N-dealkylation sites (tertiary alicyclic amines) is 1. The van der Waals surface area contributed by atoms with Crippen molar-refractivity contribution in [1.29, 1.82) is 0 Å². The molecule has 28 heavy (non-hydrogen) atoms. The second kappa shape index (κ2) is 9.98. The first kappa shape index (κ1) is 21.6. The van der Waals surface area contributed by atoms with Gasteiger partial charge in [0, 0.05) is 25.6 Å². The second-order valence-corrected chi connectivity index (χ2v) is 7.38. The number of rotatable bonds is 5. The molecule has 0 aliphatic carbocycles. The molecule has 2 aromatic rings. The Hall–Kier alpha value is -2.74. The van der Waals surface area contributed by atoms with Gasteiger partial charge in [0.05, 0.1) is 17.4 Å². The number of amides is 1. The molecule has 152 valence electrons. The largest absolute Gasteiger partial charge is 0.483 e. The van der Waals surface area contributed by atoms with Crippen molar-refractivity contribution >= 4 is 23.3 Å². The third-order valence-corrected chi connectivity index (χ3v) is 4.82. The van der Waals surface area contributed by atoms with Crippen LogP contribution in [-0.2, 0) is 16.1 Å². The van der Waals surface area contributed by atoms with Crippen LogP contribution in [0.3, 0.4) is 0 Å². The Kier molecular flexibility index (Phi) is 7.69. The molecule has 0 saturated carbocycles. The molecule has 1 saturated heterocycles. The van der Waals surface area contributed by atoms with Gasteiger partial charge in [0.2, 0.25) is 5.91 Å². The first-order chi connectivity index (χ1) is 13.3. The zero-order chi connectivity index (χ0) is 20.7. The molecule has 1 aliphatic rings. The lowest BCUT2D eigenvalue weighted by molar-refractivity contribution is -0.137. The molecule has 1 aliphatic heterocycles. The summed E-state index contributed by atoms with van der Waals surface area (Å²) >= 11 is 0. The SMILES string of the molecule is CC(C)N1CC(CN(C)Cc2nc3ccccc3c(=O)[nH]2)CCC1=O.O=CO. The number of para-hydroxylation sites is 1. The van der Waals surface area contributed by atoms with E-state index >= 15 is 0 Å². The van der Waals surface area contributed by atoms with Gasteiger partial charge in [-0.3, -0.25) is 19.3 Å². The zero-order valence-electron chi connectivity index (χ0n) is 16.6. The van der Waals surface area contributed by atoms with Crippen LogP contribution in [0.1, 0.15) is 32.5 Å². The minimum atomic E-state index is -0.250. The normalized spacial score (nSPS) is 17.0. The van der Waals surface area contributed by atoms with E-state index in [9.17, 15) is 9.59 Å². The smallest absolute Gasteiger partial charge is 0.290 e. The highest BCUT2D eigenvalue weighted by atomic mass is 16.3. The summed E-state index contributed by atoms with van der Waals surface area (Å²) < 4.78 is 0. The quantitative estimate of drug-likeness (QED) is 0.755. The van der Waals surface area contributed by atoms with Crippen LogP contribution >= 0.6 is 0 Å². The maximum absolute atomic E-state index is 12.2. The van der Waals surface area contributed by atoms with Gasteiger partial charge in [-0.25, -0.2) is 4.98 Å². The Morgan fingerprint density at radius 2 is 2.04 bits per heavy atom. The van der Waals surface area contributed by atoms with Crippen LogP contribution < -0.4 is 5.56 Å². The molecular weight excluding hydrogens is 360 g/mol. The Morgan fingerprint density at radius 1 is 1.36 bits per heavy atom. The van der Waals surface area contributed by atoms with Crippen LogP contribution in [0.2, 0.25) is 0 Å². The van der Waals surface area contributed by atoms with Gasteiger partial charge in [0.25, 0.3) is 12.0 Å². The topological polar surface area (TPSA) is 107 Å². The van der Waals surface area contributed by atoms with E-state index in [1.54, 1.807) is 6.07 Å². The van der Waals surface area contributed by atoms with Gasteiger partial charge in [-0.05, 0) is 45.4 Å². The fraction of sp³-hybridized carbons (Fsp3) is 0.500. The minimum Gasteiger partial charge on any atom is -0.483 e. The van der Waals surface area contributed by atoms with E-state index in [2.05, 4.69) is 28.7 Å². The van der Waals surface area contributed by atoms with E-state index < -0.39 is 0 Å². The zero-order valence-corrected chi connectivity index (χ0v) is 16.6. The number of carbonyl (C=O) groups excluding carboxylic acids is 1. The summed E-state index contributed by atoms with van der Waals surface area (Å²) in [5.41, 5.74) is 0.632. The molecule has 8 heteroatoms. The number of carbonyl (C=O) groups is 2. The van der Waals surface area contributed by atoms with Crippen molar-refractivity contribution < 1.29 is 14.7 Å². The van der Waals surface area contributed by atoms with Gasteiger partial charge >= 0.3 is 0 Å². The fourth-order valence-electron chi connectivity index (χ4n) is 3.56. The van der Waals surface area contributed by atoms with Crippen LogP contribution in [0, 0.1) is 5.92 Å². The van der Waals surface area contributed by atoms with Crippen molar-refractivity contribution in [3.8, 4) is 0 Å². The molecule has 1 atom stereocenters. The van der Waals surface area contributed by atoms with E-state index in [0.29, 0.717) is 30.1 Å². The molecule has 1 fully saturated rings. The number of nitrogens with one attached hydrogen (secondary N) is 1. The number of hydrogen-bond donors (Lipinski definition) is 2. The molecular formula is C20H28N4O4. The van der Waals surface area contributed by atoms with E-state index in [0.717, 1.165) is 25.0 Å². The number of aromatic nitrogens is 2. The average molecular weight is 388 g/mol. The van der Waals surface area contributed by atoms with Gasteiger partial charge in [-0.2, -0.15) is 0 Å². The lowest BCUT2D eigenvalue weighted by Gasteiger charge is -2.36. The lowest BCUT2D eigenvalue weighted by atomic mass is 9.96. The molecule has 0 radical (unpaired) electrons. The Bertz CT molecular complexity index is 865. The standard InChI is InChI=1S/C19H26N4O2.CH2O2/c1-13(2)23-11-14(8-9-18(23)24)10-22(3)12-17-20-16-7-5-4-6-15(16)19(25)21-17;2-1-3/h4-7,13-14H,8-12H2,1-3H3,(H,20,21,25);1H,(H,2,3). The van der Waals surface area contributed by atoms with E-state index in [4.69, 9.17) is 9.90 Å². The molecule has 2 N–H and O–H groups in total. The van der Waals surface area contributed by atoms with Gasteiger partial charge in [-0.15, -0.1) is 0 Å². The van der Waals surface area contributed by atoms with Crippen molar-refractivity contribution in [1.82, 2.24) is 19.8 Å². The van der Waals surface area contributed by atoms with E-state index in [1.807, 2.05) is 30.1 Å². The number of fused-ring (bicyclic) bond motifs is 1. The predicted octanol–water partition coefficient (Wildman–Crippen LogP) is 1.70. The summed E-state index contributed by atoms with van der Waals surface area (Å²) in [6.07, 6.45) is 1.55. The summed E-state index contributed by atoms with van der Waals surface area (Å²) in [5, 5.41) is 7.51. The van der Waals surface area contributed by atoms with Crippen LogP contribution in [-0.4, -0.2) is 63.4 Å². The van der Waals surface area contributed by atoms with Crippen LogP contribution in [0.5, 0.6) is 0 Å². The summed E-state index contributed by atoms with van der Waals surface area (Å²) in [5.74, 6) is 1.39. The van der Waals surface area contributed by atoms with Crippen LogP contribution in [0.15, 0.2) is 29.1 Å². The molecule has 2 heterocycles. The average Bonchev–Trinajstić information content (AvgIpc) is 2.64. The minimum absolute atomic E-state index is 0.0942. The highest BCUT2D eigenvalue weighted by Gasteiger charge is 2.27. The van der Waals surface area contributed by atoms with Crippen molar-refractivity contribution in [2.75, 3.05) is 20.1 Å². The Morgan fingerprint density at radius 3 is 2.71 bits per heavy atom. The molecule has 1 aromatic heterocycles. The van der Waals surface area contributed by atoms with Crippen molar-refractivity contribution in [2.45, 2.75) is 39.3 Å². The van der Waals surface area contributed by atoms with Crippen LogP contribution in [0.25, 0.3) is 10.9 Å². The summed E-state index contributed by atoms with van der Waals surface area (Å²) in [7, 11) is 2.03. The van der Waals surface area contributed by atoms with Crippen molar-refractivity contribution in [3.63, 3.8) is 0 Å². The number of carboxylic acid groups (broad SMARTS) is 1. The summed E-state index contributed by atoms with van der Waals surface area (Å²) in [6, 6.07) is 7.63. The molecule has 1 unspecified atom stereocenters. The summed E-state index contributed by atoms with van der Waals surface area (Å²) in [6.45, 7) is 6.16. The first-order valence-corrected chi connectivity index (χ1v) is 9.39. The highest BCUT2D eigenvalue weighted by Crippen LogP contribution is 2.20. The molecule has 1 amide bonds.